The van der Waals surface area contributed by atoms with Gasteiger partial charge in [-0.25, -0.2) is 0 Å². The smallest absolute Gasteiger partial charge is 0.0266 e. The highest BCUT2D eigenvalue weighted by Crippen LogP contribution is 2.67. The molecule has 0 heteroatoms. The third-order valence-electron chi connectivity index (χ3n) is 9.40. The van der Waals surface area contributed by atoms with Crippen molar-refractivity contribution < 1.29 is 0 Å². The molecule has 8 atom stereocenters. The standard InChI is InChI=1S/C21H36/c1-14-9-11-21(4)16(13-14)6-7-17-18-8-5-15(2)20(18,3)12-10-19(17)21/h14-19H,5-13H2,1-4H3/t14?,15?,16-,17-,18-,19-,20+,21-/m0/s1. The monoisotopic (exact) mass is 288 g/mol. The van der Waals surface area contributed by atoms with Crippen LogP contribution in [0, 0.1) is 46.3 Å². The van der Waals surface area contributed by atoms with Gasteiger partial charge in [0.15, 0.2) is 0 Å². The first-order chi connectivity index (χ1) is 9.95. The molecular weight excluding hydrogens is 252 g/mol. The second-order valence-electron chi connectivity index (χ2n) is 10.1. The minimum Gasteiger partial charge on any atom is -0.0625 e. The summed E-state index contributed by atoms with van der Waals surface area (Å²) in [6.45, 7) is 10.4. The van der Waals surface area contributed by atoms with E-state index in [-0.39, 0.29) is 0 Å². The molecule has 21 heavy (non-hydrogen) atoms. The topological polar surface area (TPSA) is 0 Å². The van der Waals surface area contributed by atoms with Crippen LogP contribution in [0.3, 0.4) is 0 Å². The van der Waals surface area contributed by atoms with Crippen molar-refractivity contribution in [2.24, 2.45) is 46.3 Å². The number of hydrogen-bond donors (Lipinski definition) is 0. The van der Waals surface area contributed by atoms with Crippen LogP contribution in [0.25, 0.3) is 0 Å². The van der Waals surface area contributed by atoms with Crippen LogP contribution in [0.5, 0.6) is 0 Å². The van der Waals surface area contributed by atoms with Gasteiger partial charge in [0, 0.05) is 0 Å². The second kappa shape index (κ2) is 4.75. The molecular formula is C21H36. The normalized spacial score (nSPS) is 60.0. The van der Waals surface area contributed by atoms with E-state index in [2.05, 4.69) is 27.7 Å². The summed E-state index contributed by atoms with van der Waals surface area (Å²) in [5.41, 5.74) is 1.41. The lowest BCUT2D eigenvalue weighted by molar-refractivity contribution is -0.115. The average Bonchev–Trinajstić information content (AvgIpc) is 2.76. The summed E-state index contributed by atoms with van der Waals surface area (Å²) in [6, 6.07) is 0. The quantitative estimate of drug-likeness (QED) is 0.490. The molecule has 0 amide bonds. The molecule has 0 radical (unpaired) electrons. The van der Waals surface area contributed by atoms with Crippen molar-refractivity contribution in [3.63, 3.8) is 0 Å². The molecule has 0 aromatic heterocycles. The Morgan fingerprint density at radius 3 is 2.24 bits per heavy atom. The van der Waals surface area contributed by atoms with Gasteiger partial charge >= 0.3 is 0 Å². The fraction of sp³-hybridized carbons (Fsp3) is 1.00. The molecule has 4 aliphatic rings. The third kappa shape index (κ3) is 1.93. The van der Waals surface area contributed by atoms with E-state index in [1.54, 1.807) is 32.1 Å². The maximum Gasteiger partial charge on any atom is -0.0266 e. The van der Waals surface area contributed by atoms with Crippen LogP contribution in [-0.2, 0) is 0 Å². The molecule has 0 aromatic carbocycles. The number of hydrogen-bond acceptors (Lipinski definition) is 0. The molecule has 0 aliphatic heterocycles. The second-order valence-corrected chi connectivity index (χ2v) is 10.1. The molecule has 120 valence electrons. The maximum atomic E-state index is 2.71. The van der Waals surface area contributed by atoms with E-state index >= 15 is 0 Å². The molecule has 0 bridgehead atoms. The zero-order valence-corrected chi connectivity index (χ0v) is 14.8. The maximum absolute atomic E-state index is 2.71. The van der Waals surface area contributed by atoms with Gasteiger partial charge in [-0.05, 0) is 97.7 Å². The van der Waals surface area contributed by atoms with Gasteiger partial charge in [0.25, 0.3) is 0 Å². The Kier molecular flexibility index (Phi) is 3.30. The molecule has 0 heterocycles. The van der Waals surface area contributed by atoms with Crippen LogP contribution in [-0.4, -0.2) is 0 Å². The Labute approximate surface area is 132 Å². The summed E-state index contributed by atoms with van der Waals surface area (Å²) >= 11 is 0. The Balaban J connectivity index is 1.62. The molecule has 2 unspecified atom stereocenters. The molecule has 0 N–H and O–H groups in total. The molecule has 0 saturated heterocycles. The van der Waals surface area contributed by atoms with Crippen LogP contribution in [0.4, 0.5) is 0 Å². The fourth-order valence-corrected chi connectivity index (χ4v) is 7.74. The van der Waals surface area contributed by atoms with E-state index < -0.39 is 0 Å². The molecule has 0 spiro atoms. The lowest BCUT2D eigenvalue weighted by Crippen LogP contribution is -2.53. The summed E-state index contributed by atoms with van der Waals surface area (Å²) < 4.78 is 0. The zero-order valence-electron chi connectivity index (χ0n) is 14.8. The van der Waals surface area contributed by atoms with Crippen LogP contribution in [0.15, 0.2) is 0 Å². The number of fused-ring (bicyclic) bond motifs is 5. The highest BCUT2D eigenvalue weighted by molar-refractivity contribution is 5.08. The van der Waals surface area contributed by atoms with Crippen LogP contribution >= 0.6 is 0 Å². The first-order valence-corrected chi connectivity index (χ1v) is 9.95. The molecule has 4 rings (SSSR count). The Bertz CT molecular complexity index is 412. The summed E-state index contributed by atoms with van der Waals surface area (Å²) in [5, 5.41) is 0. The van der Waals surface area contributed by atoms with Gasteiger partial charge in [0.1, 0.15) is 0 Å². The third-order valence-corrected chi connectivity index (χ3v) is 9.40. The van der Waals surface area contributed by atoms with Crippen molar-refractivity contribution >= 4 is 0 Å². The van der Waals surface area contributed by atoms with Crippen molar-refractivity contribution in [1.82, 2.24) is 0 Å². The highest BCUT2D eigenvalue weighted by Gasteiger charge is 2.59. The highest BCUT2D eigenvalue weighted by atomic mass is 14.6. The predicted octanol–water partition coefficient (Wildman–Crippen LogP) is 6.30. The van der Waals surface area contributed by atoms with Crippen molar-refractivity contribution in [1.29, 1.82) is 0 Å². The lowest BCUT2D eigenvalue weighted by atomic mass is 9.44. The van der Waals surface area contributed by atoms with Crippen molar-refractivity contribution in [2.75, 3.05) is 0 Å². The summed E-state index contributed by atoms with van der Waals surface area (Å²) in [7, 11) is 0. The van der Waals surface area contributed by atoms with E-state index in [1.807, 2.05) is 0 Å². The van der Waals surface area contributed by atoms with Crippen molar-refractivity contribution in [3.05, 3.63) is 0 Å². The number of rotatable bonds is 0. The van der Waals surface area contributed by atoms with E-state index in [9.17, 15) is 0 Å². The van der Waals surface area contributed by atoms with Gasteiger partial charge in [-0.1, -0.05) is 34.1 Å². The van der Waals surface area contributed by atoms with Gasteiger partial charge in [0.2, 0.25) is 0 Å². The Morgan fingerprint density at radius 1 is 0.714 bits per heavy atom. The van der Waals surface area contributed by atoms with Gasteiger partial charge < -0.3 is 0 Å². The van der Waals surface area contributed by atoms with Crippen LogP contribution in [0.2, 0.25) is 0 Å². The molecule has 0 nitrogen and oxygen atoms in total. The first kappa shape index (κ1) is 14.6. The Morgan fingerprint density at radius 2 is 1.43 bits per heavy atom. The molecule has 0 aromatic rings. The zero-order chi connectivity index (χ0) is 14.8. The predicted molar refractivity (Wildman–Crippen MR) is 90.1 cm³/mol. The fourth-order valence-electron chi connectivity index (χ4n) is 7.74. The Hall–Kier alpha value is 0. The van der Waals surface area contributed by atoms with Crippen molar-refractivity contribution in [3.8, 4) is 0 Å². The lowest BCUT2D eigenvalue weighted by Gasteiger charge is -2.61. The minimum absolute atomic E-state index is 0.701. The van der Waals surface area contributed by atoms with Gasteiger partial charge in [-0.2, -0.15) is 0 Å². The summed E-state index contributed by atoms with van der Waals surface area (Å²) in [6.07, 6.45) is 13.9. The van der Waals surface area contributed by atoms with E-state index in [0.29, 0.717) is 10.8 Å². The van der Waals surface area contributed by atoms with E-state index in [4.69, 9.17) is 0 Å². The van der Waals surface area contributed by atoms with Gasteiger partial charge in [-0.3, -0.25) is 0 Å². The van der Waals surface area contributed by atoms with Gasteiger partial charge in [-0.15, -0.1) is 0 Å². The molecule has 4 saturated carbocycles. The summed E-state index contributed by atoms with van der Waals surface area (Å²) in [5.74, 6) is 6.28. The largest absolute Gasteiger partial charge is 0.0625 e. The first-order valence-electron chi connectivity index (χ1n) is 9.95. The summed E-state index contributed by atoms with van der Waals surface area (Å²) in [4.78, 5) is 0. The van der Waals surface area contributed by atoms with E-state index in [0.717, 1.165) is 35.5 Å². The SMILES string of the molecule is CC1CC[C@@]2(C)[C@@H](CC[C@@H]3[C@@H]2CC[C@]2(C)C(C)CC[C@@H]32)C1. The van der Waals surface area contributed by atoms with Crippen molar-refractivity contribution in [2.45, 2.75) is 85.5 Å². The van der Waals surface area contributed by atoms with Crippen LogP contribution < -0.4 is 0 Å². The minimum atomic E-state index is 0.701. The molecule has 4 fully saturated rings. The van der Waals surface area contributed by atoms with E-state index in [1.165, 1.54) is 25.7 Å². The average molecular weight is 289 g/mol. The van der Waals surface area contributed by atoms with Gasteiger partial charge in [0.05, 0.1) is 0 Å². The van der Waals surface area contributed by atoms with Crippen LogP contribution in [0.1, 0.15) is 85.5 Å². The molecule has 4 aliphatic carbocycles.